The lowest BCUT2D eigenvalue weighted by Crippen LogP contribution is -2.28. The summed E-state index contributed by atoms with van der Waals surface area (Å²) < 4.78 is 5.71. The van der Waals surface area contributed by atoms with E-state index in [0.717, 1.165) is 23.2 Å². The number of nitrogens with two attached hydrogens (primary N) is 1. The zero-order valence-electron chi connectivity index (χ0n) is 9.23. The van der Waals surface area contributed by atoms with Gasteiger partial charge in [-0.1, -0.05) is 32.0 Å². The molecule has 0 aliphatic carbocycles. The van der Waals surface area contributed by atoms with Crippen LogP contribution in [-0.2, 0) is 6.42 Å². The molecule has 0 fully saturated rings. The van der Waals surface area contributed by atoms with E-state index >= 15 is 0 Å². The lowest BCUT2D eigenvalue weighted by atomic mass is 10.0. The van der Waals surface area contributed by atoms with Crippen LogP contribution in [0.15, 0.2) is 34.7 Å². The van der Waals surface area contributed by atoms with E-state index in [-0.39, 0.29) is 6.04 Å². The summed E-state index contributed by atoms with van der Waals surface area (Å²) in [4.78, 5) is 0. The number of hydrogen-bond donors (Lipinski definition) is 1. The molecule has 0 spiro atoms. The van der Waals surface area contributed by atoms with E-state index in [9.17, 15) is 0 Å². The third-order valence-electron chi connectivity index (χ3n) is 2.77. The molecule has 0 radical (unpaired) electrons. The summed E-state index contributed by atoms with van der Waals surface area (Å²) >= 11 is 0. The van der Waals surface area contributed by atoms with Crippen molar-refractivity contribution in [1.29, 1.82) is 0 Å². The molecular formula is C13H17NO. The van der Waals surface area contributed by atoms with Gasteiger partial charge in [-0.25, -0.2) is 0 Å². The van der Waals surface area contributed by atoms with Gasteiger partial charge in [-0.2, -0.15) is 0 Å². The Kier molecular flexibility index (Phi) is 2.78. The average Bonchev–Trinajstić information content (AvgIpc) is 2.59. The SMILES string of the molecule is CC(C)C(N)Cc1cc2ccccc2o1. The van der Waals surface area contributed by atoms with E-state index in [1.165, 1.54) is 0 Å². The highest BCUT2D eigenvalue weighted by molar-refractivity contribution is 5.77. The van der Waals surface area contributed by atoms with Gasteiger partial charge < -0.3 is 10.2 Å². The molecule has 1 aromatic heterocycles. The average molecular weight is 203 g/mol. The summed E-state index contributed by atoms with van der Waals surface area (Å²) in [6.45, 7) is 4.26. The van der Waals surface area contributed by atoms with Gasteiger partial charge in [0, 0.05) is 17.8 Å². The van der Waals surface area contributed by atoms with Gasteiger partial charge in [0.05, 0.1) is 0 Å². The predicted octanol–water partition coefficient (Wildman–Crippen LogP) is 2.96. The van der Waals surface area contributed by atoms with E-state index in [4.69, 9.17) is 10.2 Å². The first-order valence-corrected chi connectivity index (χ1v) is 5.40. The molecule has 1 atom stereocenters. The zero-order valence-corrected chi connectivity index (χ0v) is 9.23. The molecule has 0 bridgehead atoms. The molecule has 80 valence electrons. The van der Waals surface area contributed by atoms with Gasteiger partial charge in [0.1, 0.15) is 11.3 Å². The number of hydrogen-bond acceptors (Lipinski definition) is 2. The van der Waals surface area contributed by atoms with Crippen LogP contribution in [0.3, 0.4) is 0 Å². The van der Waals surface area contributed by atoms with Gasteiger partial charge in [0.2, 0.25) is 0 Å². The van der Waals surface area contributed by atoms with Crippen molar-refractivity contribution < 1.29 is 4.42 Å². The third-order valence-corrected chi connectivity index (χ3v) is 2.77. The minimum Gasteiger partial charge on any atom is -0.461 e. The third kappa shape index (κ3) is 2.21. The van der Waals surface area contributed by atoms with Crippen LogP contribution < -0.4 is 5.73 Å². The van der Waals surface area contributed by atoms with Crippen LogP contribution in [0.4, 0.5) is 0 Å². The topological polar surface area (TPSA) is 39.2 Å². The first kappa shape index (κ1) is 10.2. The maximum atomic E-state index is 6.01. The summed E-state index contributed by atoms with van der Waals surface area (Å²) in [5.41, 5.74) is 6.96. The van der Waals surface area contributed by atoms with E-state index in [1.807, 2.05) is 18.2 Å². The normalized spacial score (nSPS) is 13.6. The highest BCUT2D eigenvalue weighted by Gasteiger charge is 2.11. The Morgan fingerprint density at radius 1 is 1.27 bits per heavy atom. The second kappa shape index (κ2) is 4.07. The zero-order chi connectivity index (χ0) is 10.8. The molecule has 2 aromatic rings. The highest BCUT2D eigenvalue weighted by atomic mass is 16.3. The van der Waals surface area contributed by atoms with Crippen molar-refractivity contribution in [2.75, 3.05) is 0 Å². The summed E-state index contributed by atoms with van der Waals surface area (Å²) in [6, 6.07) is 10.3. The molecule has 2 nitrogen and oxygen atoms in total. The van der Waals surface area contributed by atoms with Crippen molar-refractivity contribution in [1.82, 2.24) is 0 Å². The van der Waals surface area contributed by atoms with Crippen molar-refractivity contribution in [3.05, 3.63) is 36.1 Å². The maximum absolute atomic E-state index is 6.01. The van der Waals surface area contributed by atoms with Gasteiger partial charge >= 0.3 is 0 Å². The Labute approximate surface area is 90.1 Å². The largest absolute Gasteiger partial charge is 0.461 e. The molecule has 1 heterocycles. The Morgan fingerprint density at radius 2 is 2.00 bits per heavy atom. The number of furan rings is 1. The first-order chi connectivity index (χ1) is 7.16. The molecule has 1 unspecified atom stereocenters. The summed E-state index contributed by atoms with van der Waals surface area (Å²) in [5, 5.41) is 1.16. The number of rotatable bonds is 3. The Morgan fingerprint density at radius 3 is 2.67 bits per heavy atom. The standard InChI is InChI=1S/C13H17NO/c1-9(2)12(14)8-11-7-10-5-3-4-6-13(10)15-11/h3-7,9,12H,8,14H2,1-2H3. The van der Waals surface area contributed by atoms with Crippen LogP contribution in [0, 0.1) is 5.92 Å². The van der Waals surface area contributed by atoms with Crippen molar-refractivity contribution in [2.24, 2.45) is 11.7 Å². The maximum Gasteiger partial charge on any atom is 0.134 e. The molecule has 0 aliphatic rings. The van der Waals surface area contributed by atoms with Crippen LogP contribution >= 0.6 is 0 Å². The summed E-state index contributed by atoms with van der Waals surface area (Å²) in [7, 11) is 0. The van der Waals surface area contributed by atoms with Gasteiger partial charge in [-0.05, 0) is 18.1 Å². The molecule has 0 saturated carbocycles. The fraction of sp³-hybridized carbons (Fsp3) is 0.385. The summed E-state index contributed by atoms with van der Waals surface area (Å²) in [6.07, 6.45) is 0.812. The molecule has 2 heteroatoms. The van der Waals surface area contributed by atoms with E-state index in [1.54, 1.807) is 0 Å². The van der Waals surface area contributed by atoms with Crippen LogP contribution in [-0.4, -0.2) is 6.04 Å². The minimum absolute atomic E-state index is 0.172. The number of benzene rings is 1. The Hall–Kier alpha value is -1.28. The van der Waals surface area contributed by atoms with Gasteiger partial charge in [0.15, 0.2) is 0 Å². The lowest BCUT2D eigenvalue weighted by Gasteiger charge is -2.13. The number of para-hydroxylation sites is 1. The number of fused-ring (bicyclic) bond motifs is 1. The van der Waals surface area contributed by atoms with Crippen LogP contribution in [0.2, 0.25) is 0 Å². The molecule has 2 N–H and O–H groups in total. The van der Waals surface area contributed by atoms with Gasteiger partial charge in [-0.15, -0.1) is 0 Å². The van der Waals surface area contributed by atoms with Crippen molar-refractivity contribution >= 4 is 11.0 Å². The van der Waals surface area contributed by atoms with Crippen molar-refractivity contribution in [3.63, 3.8) is 0 Å². The second-order valence-corrected chi connectivity index (χ2v) is 4.36. The van der Waals surface area contributed by atoms with Crippen LogP contribution in [0.25, 0.3) is 11.0 Å². The smallest absolute Gasteiger partial charge is 0.134 e. The first-order valence-electron chi connectivity index (χ1n) is 5.40. The Balaban J connectivity index is 2.22. The van der Waals surface area contributed by atoms with Crippen molar-refractivity contribution in [3.8, 4) is 0 Å². The van der Waals surface area contributed by atoms with Gasteiger partial charge in [-0.3, -0.25) is 0 Å². The second-order valence-electron chi connectivity index (χ2n) is 4.36. The van der Waals surface area contributed by atoms with E-state index < -0.39 is 0 Å². The fourth-order valence-electron chi connectivity index (χ4n) is 1.61. The molecule has 15 heavy (non-hydrogen) atoms. The highest BCUT2D eigenvalue weighted by Crippen LogP contribution is 2.20. The minimum atomic E-state index is 0.172. The quantitative estimate of drug-likeness (QED) is 0.833. The van der Waals surface area contributed by atoms with Crippen LogP contribution in [0.5, 0.6) is 0 Å². The van der Waals surface area contributed by atoms with E-state index in [2.05, 4.69) is 26.0 Å². The molecule has 2 rings (SSSR count). The molecule has 1 aromatic carbocycles. The molecule has 0 amide bonds. The predicted molar refractivity (Wildman–Crippen MR) is 62.7 cm³/mol. The summed E-state index contributed by atoms with van der Waals surface area (Å²) in [5.74, 6) is 1.47. The Bertz CT molecular complexity index is 411. The molecule has 0 aliphatic heterocycles. The van der Waals surface area contributed by atoms with E-state index in [0.29, 0.717) is 5.92 Å². The lowest BCUT2D eigenvalue weighted by molar-refractivity contribution is 0.443. The van der Waals surface area contributed by atoms with Crippen LogP contribution in [0.1, 0.15) is 19.6 Å². The molecule has 0 saturated heterocycles. The fourth-order valence-corrected chi connectivity index (χ4v) is 1.61. The van der Waals surface area contributed by atoms with Crippen molar-refractivity contribution in [2.45, 2.75) is 26.3 Å². The molecular weight excluding hydrogens is 186 g/mol. The monoisotopic (exact) mass is 203 g/mol. The van der Waals surface area contributed by atoms with Gasteiger partial charge in [0.25, 0.3) is 0 Å².